The highest BCUT2D eigenvalue weighted by Crippen LogP contribution is 2.46. The summed E-state index contributed by atoms with van der Waals surface area (Å²) in [6.07, 6.45) is 4.25. The maximum absolute atomic E-state index is 13.4. The number of hydrogen-bond acceptors (Lipinski definition) is 11. The number of ether oxygens (including phenoxy) is 3. The first-order chi connectivity index (χ1) is 28.0. The minimum absolute atomic E-state index is 0.113. The number of carbonyl (C=O) groups excluding carboxylic acids is 2. The second-order valence-electron chi connectivity index (χ2n) is 15.4. The SMILES string of the molecule is COc1cc(Nc2cc(Oc3ccc(N(C(N)=O)c4cc(C(C)(C)C)cc(NS(C)(=O)=O)c4OC)c4ccccc34)ccn2)ccc1C(=O)NC(C)N1CCCCC1O. The Morgan fingerprint density at radius 3 is 2.36 bits per heavy atom. The van der Waals surface area contributed by atoms with E-state index < -0.39 is 27.7 Å². The van der Waals surface area contributed by atoms with Crippen LogP contribution in [0, 0.1) is 0 Å². The smallest absolute Gasteiger partial charge is 0.324 e. The summed E-state index contributed by atoms with van der Waals surface area (Å²) < 4.78 is 45.1. The van der Waals surface area contributed by atoms with Crippen LogP contribution in [0.5, 0.6) is 23.0 Å². The van der Waals surface area contributed by atoms with E-state index in [2.05, 4.69) is 20.3 Å². The molecule has 1 saturated heterocycles. The molecule has 1 fully saturated rings. The lowest BCUT2D eigenvalue weighted by atomic mass is 9.86. The maximum atomic E-state index is 13.4. The minimum atomic E-state index is -3.73. The molecule has 15 nitrogen and oxygen atoms in total. The van der Waals surface area contributed by atoms with Gasteiger partial charge in [-0.15, -0.1) is 0 Å². The summed E-state index contributed by atoms with van der Waals surface area (Å²) in [5.41, 5.74) is 8.17. The van der Waals surface area contributed by atoms with Crippen LogP contribution in [-0.2, 0) is 15.4 Å². The lowest BCUT2D eigenvalue weighted by Gasteiger charge is -2.36. The van der Waals surface area contributed by atoms with Crippen molar-refractivity contribution in [2.75, 3.05) is 42.0 Å². The van der Waals surface area contributed by atoms with Crippen LogP contribution < -0.4 is 40.2 Å². The molecule has 6 N–H and O–H groups in total. The Balaban J connectivity index is 1.28. The number of rotatable bonds is 13. The Labute approximate surface area is 344 Å². The molecule has 0 aliphatic carbocycles. The third-order valence-electron chi connectivity index (χ3n) is 10.0. The first-order valence-electron chi connectivity index (χ1n) is 19.1. The van der Waals surface area contributed by atoms with Crippen molar-refractivity contribution in [1.29, 1.82) is 0 Å². The van der Waals surface area contributed by atoms with Gasteiger partial charge in [0.25, 0.3) is 5.91 Å². The van der Waals surface area contributed by atoms with Gasteiger partial charge in [0.2, 0.25) is 10.0 Å². The number of primary amides is 1. The van der Waals surface area contributed by atoms with Gasteiger partial charge in [-0.1, -0.05) is 45.0 Å². The average Bonchev–Trinajstić information content (AvgIpc) is 3.17. The van der Waals surface area contributed by atoms with Crippen LogP contribution >= 0.6 is 0 Å². The molecule has 1 aliphatic rings. The maximum Gasteiger partial charge on any atom is 0.324 e. The molecular formula is C43H51N7O8S. The summed E-state index contributed by atoms with van der Waals surface area (Å²) in [5.74, 6) is 1.54. The zero-order valence-corrected chi connectivity index (χ0v) is 35.0. The van der Waals surface area contributed by atoms with Gasteiger partial charge >= 0.3 is 6.03 Å². The number of nitrogens with two attached hydrogens (primary N) is 1. The lowest BCUT2D eigenvalue weighted by molar-refractivity contribution is -0.0515. The Morgan fingerprint density at radius 1 is 0.949 bits per heavy atom. The van der Waals surface area contributed by atoms with Gasteiger partial charge in [-0.25, -0.2) is 18.2 Å². The summed E-state index contributed by atoms with van der Waals surface area (Å²) in [4.78, 5) is 34.3. The zero-order chi connectivity index (χ0) is 42.6. The van der Waals surface area contributed by atoms with Crippen LogP contribution in [0.15, 0.2) is 85.1 Å². The Bertz CT molecular complexity index is 2470. The predicted octanol–water partition coefficient (Wildman–Crippen LogP) is 7.55. The number of aliphatic hydroxyl groups excluding tert-OH is 1. The van der Waals surface area contributed by atoms with Crippen LogP contribution in [0.2, 0.25) is 0 Å². The van der Waals surface area contributed by atoms with Gasteiger partial charge in [0.1, 0.15) is 29.3 Å². The quantitative estimate of drug-likeness (QED) is 0.0786. The molecule has 0 radical (unpaired) electrons. The summed E-state index contributed by atoms with van der Waals surface area (Å²) in [7, 11) is -0.840. The number of sulfonamides is 1. The van der Waals surface area contributed by atoms with Gasteiger partial charge in [-0.2, -0.15) is 0 Å². The number of pyridine rings is 1. The Kier molecular flexibility index (Phi) is 12.5. The number of anilines is 5. The van der Waals surface area contributed by atoms with Crippen molar-refractivity contribution in [2.45, 2.75) is 64.8 Å². The molecule has 6 rings (SSSR count). The van der Waals surface area contributed by atoms with E-state index in [-0.39, 0.29) is 29.2 Å². The third-order valence-corrected chi connectivity index (χ3v) is 10.6. The van der Waals surface area contributed by atoms with Crippen molar-refractivity contribution < 1.29 is 37.3 Å². The molecule has 1 aromatic heterocycles. The van der Waals surface area contributed by atoms with E-state index in [0.717, 1.165) is 24.7 Å². The van der Waals surface area contributed by atoms with Gasteiger partial charge < -0.3 is 35.7 Å². The van der Waals surface area contributed by atoms with E-state index in [9.17, 15) is 23.1 Å². The van der Waals surface area contributed by atoms with E-state index in [1.165, 1.54) is 19.1 Å². The van der Waals surface area contributed by atoms with Gasteiger partial charge in [0.05, 0.1) is 49.3 Å². The molecule has 16 heteroatoms. The minimum Gasteiger partial charge on any atom is -0.496 e. The number of methoxy groups -OCH3 is 2. The Morgan fingerprint density at radius 2 is 1.69 bits per heavy atom. The van der Waals surface area contributed by atoms with Crippen molar-refractivity contribution in [2.24, 2.45) is 5.73 Å². The van der Waals surface area contributed by atoms with Crippen LogP contribution in [0.1, 0.15) is 62.9 Å². The summed E-state index contributed by atoms with van der Waals surface area (Å²) >= 11 is 0. The van der Waals surface area contributed by atoms with Crippen LogP contribution in [-0.4, -0.2) is 74.8 Å². The molecule has 5 aromatic rings. The predicted molar refractivity (Wildman–Crippen MR) is 230 cm³/mol. The number of benzene rings is 4. The second kappa shape index (κ2) is 17.4. The Hall–Kier alpha value is -6.10. The number of nitrogens with one attached hydrogen (secondary N) is 3. The number of hydrogen-bond donors (Lipinski definition) is 5. The van der Waals surface area contributed by atoms with E-state index in [4.69, 9.17) is 19.9 Å². The molecular weight excluding hydrogens is 775 g/mol. The second-order valence-corrected chi connectivity index (χ2v) is 17.1. The molecule has 2 unspecified atom stereocenters. The molecule has 4 aromatic carbocycles. The summed E-state index contributed by atoms with van der Waals surface area (Å²) in [5, 5.41) is 17.9. The van der Waals surface area contributed by atoms with Crippen molar-refractivity contribution in [1.82, 2.24) is 15.2 Å². The van der Waals surface area contributed by atoms with Crippen LogP contribution in [0.25, 0.3) is 10.8 Å². The molecule has 0 spiro atoms. The fourth-order valence-electron chi connectivity index (χ4n) is 7.12. The summed E-state index contributed by atoms with van der Waals surface area (Å²) in [6, 6.07) is 21.9. The van der Waals surface area contributed by atoms with E-state index >= 15 is 0 Å². The first kappa shape index (κ1) is 42.5. The number of aliphatic hydroxyl groups is 1. The number of carbonyl (C=O) groups is 2. The fourth-order valence-corrected chi connectivity index (χ4v) is 7.67. The number of aromatic nitrogens is 1. The molecule has 2 atom stereocenters. The highest BCUT2D eigenvalue weighted by molar-refractivity contribution is 7.92. The third kappa shape index (κ3) is 9.79. The van der Waals surface area contributed by atoms with E-state index in [1.54, 1.807) is 60.8 Å². The molecule has 3 amide bonds. The fraction of sp³-hybridized carbons (Fsp3) is 0.326. The highest BCUT2D eigenvalue weighted by Gasteiger charge is 2.29. The molecule has 312 valence electrons. The monoisotopic (exact) mass is 825 g/mol. The zero-order valence-electron chi connectivity index (χ0n) is 34.2. The number of urea groups is 1. The normalized spacial score (nSPS) is 15.2. The van der Waals surface area contributed by atoms with Gasteiger partial charge in [0, 0.05) is 41.3 Å². The number of fused-ring (bicyclic) bond motifs is 1. The topological polar surface area (TPSA) is 198 Å². The summed E-state index contributed by atoms with van der Waals surface area (Å²) in [6.45, 7) is 8.46. The average molecular weight is 826 g/mol. The van der Waals surface area contributed by atoms with Crippen LogP contribution in [0.4, 0.5) is 33.4 Å². The van der Waals surface area contributed by atoms with Gasteiger partial charge in [-0.3, -0.25) is 19.3 Å². The molecule has 1 aliphatic heterocycles. The molecule has 0 bridgehead atoms. The number of likely N-dealkylation sites (tertiary alicyclic amines) is 1. The molecule has 0 saturated carbocycles. The number of amides is 3. The van der Waals surface area contributed by atoms with Crippen molar-refractivity contribution in [3.63, 3.8) is 0 Å². The van der Waals surface area contributed by atoms with Gasteiger partial charge in [0.15, 0.2) is 5.75 Å². The highest BCUT2D eigenvalue weighted by atomic mass is 32.2. The number of nitrogens with zero attached hydrogens (tertiary/aromatic N) is 3. The lowest BCUT2D eigenvalue weighted by Crippen LogP contribution is -2.52. The molecule has 2 heterocycles. The number of piperidine rings is 1. The van der Waals surface area contributed by atoms with Crippen molar-refractivity contribution in [3.05, 3.63) is 96.2 Å². The standard InChI is InChI=1S/C43H51N7O8S/c1-26(49-21-11-10-14-39(49)51)46-41(52)32-16-15-28(24-37(32)56-5)47-38-25-29(19-20-45-38)58-36-18-17-34(30-12-8-9-13-31(30)36)50(42(44)53)35-23-27(43(2,3)4)22-33(40(35)57-6)48-59(7,54)55/h8-9,12-13,15-20,22-26,39,48,51H,10-11,14,21H2,1-7H3,(H2,44,53)(H,45,47)(H,46,52). The van der Waals surface area contributed by atoms with Gasteiger partial charge in [-0.05, 0) is 79.6 Å². The van der Waals surface area contributed by atoms with E-state index in [1.807, 2.05) is 56.9 Å². The van der Waals surface area contributed by atoms with Crippen molar-refractivity contribution >= 4 is 61.3 Å². The van der Waals surface area contributed by atoms with Crippen molar-refractivity contribution in [3.8, 4) is 23.0 Å². The first-order valence-corrected chi connectivity index (χ1v) is 21.0. The largest absolute Gasteiger partial charge is 0.496 e. The molecule has 59 heavy (non-hydrogen) atoms. The van der Waals surface area contributed by atoms with Crippen LogP contribution in [0.3, 0.4) is 0 Å². The van der Waals surface area contributed by atoms with E-state index in [0.29, 0.717) is 63.7 Å².